The van der Waals surface area contributed by atoms with Crippen molar-refractivity contribution in [1.29, 1.82) is 0 Å². The van der Waals surface area contributed by atoms with E-state index in [2.05, 4.69) is 26.8 Å². The molecule has 2 fully saturated rings. The molecular weight excluding hydrogens is 384 g/mol. The molecule has 170 valence electrons. The van der Waals surface area contributed by atoms with Crippen molar-refractivity contribution in [2.45, 2.75) is 85.4 Å². The van der Waals surface area contributed by atoms with Crippen molar-refractivity contribution in [3.05, 3.63) is 11.6 Å². The highest BCUT2D eigenvalue weighted by atomic mass is 16.6. The summed E-state index contributed by atoms with van der Waals surface area (Å²) in [6.45, 7) is 9.37. The Morgan fingerprint density at radius 3 is 2.47 bits per heavy atom. The van der Waals surface area contributed by atoms with Gasteiger partial charge in [-0.05, 0) is 68.1 Å². The van der Waals surface area contributed by atoms with E-state index in [1.165, 1.54) is 19.4 Å². The third kappa shape index (κ3) is 3.93. The Morgan fingerprint density at radius 1 is 1.17 bits per heavy atom. The molecule has 0 aliphatic heterocycles. The third-order valence-corrected chi connectivity index (χ3v) is 8.62. The maximum Gasteiger partial charge on any atom is 0.302 e. The molecule has 0 aromatic heterocycles. The van der Waals surface area contributed by atoms with Crippen molar-refractivity contribution in [2.75, 3.05) is 13.2 Å². The van der Waals surface area contributed by atoms with Crippen LogP contribution in [0.1, 0.15) is 73.1 Å². The molecule has 0 amide bonds. The van der Waals surface area contributed by atoms with Crippen LogP contribution in [-0.4, -0.2) is 47.6 Å². The monoisotopic (exact) mass is 422 g/mol. The Bertz CT molecular complexity index is 716. The van der Waals surface area contributed by atoms with Gasteiger partial charge in [0.1, 0.15) is 12.7 Å². The SMILES string of the molecule is CC(=O)OCC1(C)C2=CCC3CC(C)(C(O)CO)CCC3(C)C2CCC1OC(C)=O. The molecule has 3 rings (SSSR count). The van der Waals surface area contributed by atoms with Crippen molar-refractivity contribution < 1.29 is 29.3 Å². The maximum atomic E-state index is 11.8. The van der Waals surface area contributed by atoms with Gasteiger partial charge in [0.05, 0.1) is 18.1 Å². The predicted molar refractivity (Wildman–Crippen MR) is 112 cm³/mol. The van der Waals surface area contributed by atoms with Crippen LogP contribution >= 0.6 is 0 Å². The van der Waals surface area contributed by atoms with E-state index in [1.54, 1.807) is 0 Å². The van der Waals surface area contributed by atoms with E-state index in [-0.39, 0.29) is 42.1 Å². The first kappa shape index (κ1) is 23.3. The summed E-state index contributed by atoms with van der Waals surface area (Å²) in [7, 11) is 0. The van der Waals surface area contributed by atoms with Gasteiger partial charge in [0.2, 0.25) is 0 Å². The Balaban J connectivity index is 1.93. The molecule has 0 saturated heterocycles. The number of carbonyl (C=O) groups excluding carboxylic acids is 2. The van der Waals surface area contributed by atoms with Crippen molar-refractivity contribution in [1.82, 2.24) is 0 Å². The van der Waals surface area contributed by atoms with Crippen LogP contribution in [0, 0.1) is 28.1 Å². The second kappa shape index (κ2) is 8.27. The van der Waals surface area contributed by atoms with Crippen LogP contribution in [0.5, 0.6) is 0 Å². The van der Waals surface area contributed by atoms with Crippen LogP contribution < -0.4 is 0 Å². The smallest absolute Gasteiger partial charge is 0.302 e. The van der Waals surface area contributed by atoms with Crippen LogP contribution in [0.2, 0.25) is 0 Å². The van der Waals surface area contributed by atoms with Gasteiger partial charge in [0.15, 0.2) is 0 Å². The number of rotatable bonds is 5. The summed E-state index contributed by atoms with van der Waals surface area (Å²) in [5, 5.41) is 19.9. The summed E-state index contributed by atoms with van der Waals surface area (Å²) in [5.74, 6) is 0.125. The third-order valence-electron chi connectivity index (χ3n) is 8.62. The van der Waals surface area contributed by atoms with Crippen molar-refractivity contribution in [3.63, 3.8) is 0 Å². The summed E-state index contributed by atoms with van der Waals surface area (Å²) in [4.78, 5) is 23.3. The first-order valence-electron chi connectivity index (χ1n) is 11.3. The van der Waals surface area contributed by atoms with E-state index < -0.39 is 11.5 Å². The molecule has 2 N–H and O–H groups in total. The highest BCUT2D eigenvalue weighted by Crippen LogP contribution is 2.63. The lowest BCUT2D eigenvalue weighted by Crippen LogP contribution is -2.55. The molecule has 6 heteroatoms. The highest BCUT2D eigenvalue weighted by Gasteiger charge is 2.58. The lowest BCUT2D eigenvalue weighted by atomic mass is 9.46. The van der Waals surface area contributed by atoms with Gasteiger partial charge < -0.3 is 19.7 Å². The van der Waals surface area contributed by atoms with Gasteiger partial charge in [-0.25, -0.2) is 0 Å². The quantitative estimate of drug-likeness (QED) is 0.521. The van der Waals surface area contributed by atoms with E-state index in [4.69, 9.17) is 9.47 Å². The summed E-state index contributed by atoms with van der Waals surface area (Å²) in [6.07, 6.45) is 6.60. The molecule has 0 spiro atoms. The molecule has 0 heterocycles. The largest absolute Gasteiger partial charge is 0.465 e. The fourth-order valence-electron chi connectivity index (χ4n) is 6.51. The fraction of sp³-hybridized carbons (Fsp3) is 0.833. The molecule has 3 aliphatic rings. The molecule has 6 nitrogen and oxygen atoms in total. The van der Waals surface area contributed by atoms with Gasteiger partial charge in [-0.3, -0.25) is 9.59 Å². The average Bonchev–Trinajstić information content (AvgIpc) is 2.68. The van der Waals surface area contributed by atoms with Crippen molar-refractivity contribution in [3.8, 4) is 0 Å². The molecule has 7 unspecified atom stereocenters. The molecule has 0 radical (unpaired) electrons. The van der Waals surface area contributed by atoms with E-state index in [0.29, 0.717) is 11.8 Å². The van der Waals surface area contributed by atoms with Gasteiger partial charge in [-0.15, -0.1) is 0 Å². The second-order valence-corrected chi connectivity index (χ2v) is 10.6. The molecule has 7 atom stereocenters. The van der Waals surface area contributed by atoms with Crippen LogP contribution in [-0.2, 0) is 19.1 Å². The minimum atomic E-state index is -0.693. The first-order valence-corrected chi connectivity index (χ1v) is 11.3. The topological polar surface area (TPSA) is 93.1 Å². The number of aliphatic hydroxyl groups excluding tert-OH is 2. The van der Waals surface area contributed by atoms with Crippen LogP contribution in [0.15, 0.2) is 11.6 Å². The van der Waals surface area contributed by atoms with E-state index in [1.807, 2.05) is 0 Å². The predicted octanol–water partition coefficient (Wildman–Crippen LogP) is 3.39. The number of carbonyl (C=O) groups is 2. The zero-order valence-corrected chi connectivity index (χ0v) is 19.1. The van der Waals surface area contributed by atoms with E-state index >= 15 is 0 Å². The number of ether oxygens (including phenoxy) is 2. The van der Waals surface area contributed by atoms with Gasteiger partial charge >= 0.3 is 11.9 Å². The molecule has 30 heavy (non-hydrogen) atoms. The summed E-state index contributed by atoms with van der Waals surface area (Å²) in [6, 6.07) is 0. The van der Waals surface area contributed by atoms with Crippen molar-refractivity contribution >= 4 is 11.9 Å². The van der Waals surface area contributed by atoms with Gasteiger partial charge in [0.25, 0.3) is 0 Å². The molecule has 0 aromatic rings. The lowest BCUT2D eigenvalue weighted by Gasteiger charge is -2.60. The number of aliphatic hydroxyl groups is 2. The van der Waals surface area contributed by atoms with Gasteiger partial charge in [0, 0.05) is 13.8 Å². The van der Waals surface area contributed by atoms with Gasteiger partial charge in [-0.1, -0.05) is 25.5 Å². The summed E-state index contributed by atoms with van der Waals surface area (Å²) >= 11 is 0. The van der Waals surface area contributed by atoms with Crippen molar-refractivity contribution in [2.24, 2.45) is 28.1 Å². The standard InChI is InChI=1S/C24H38O6/c1-15(26)29-14-24(5)19-7-6-17-12-22(3,20(28)13-25)10-11-23(17,4)18(19)8-9-21(24)30-16(2)27/h7,17-18,20-21,25,28H,6,8-14H2,1-5H3. The molecule has 2 saturated carbocycles. The maximum absolute atomic E-state index is 11.8. The summed E-state index contributed by atoms with van der Waals surface area (Å²) in [5.41, 5.74) is 0.545. The molecule has 0 bridgehead atoms. The normalized spacial score (nSPS) is 41.7. The zero-order chi connectivity index (χ0) is 22.3. The first-order chi connectivity index (χ1) is 14.0. The lowest BCUT2D eigenvalue weighted by molar-refractivity contribution is -0.164. The minimum Gasteiger partial charge on any atom is -0.465 e. The Kier molecular flexibility index (Phi) is 6.41. The molecular formula is C24H38O6. The average molecular weight is 423 g/mol. The number of allylic oxidation sites excluding steroid dienone is 1. The Hall–Kier alpha value is -1.40. The minimum absolute atomic E-state index is 0.0808. The Morgan fingerprint density at radius 2 is 1.87 bits per heavy atom. The number of fused-ring (bicyclic) bond motifs is 3. The highest BCUT2D eigenvalue weighted by molar-refractivity contribution is 5.67. The van der Waals surface area contributed by atoms with Gasteiger partial charge in [-0.2, -0.15) is 0 Å². The summed E-state index contributed by atoms with van der Waals surface area (Å²) < 4.78 is 11.2. The van der Waals surface area contributed by atoms with Crippen LogP contribution in [0.3, 0.4) is 0 Å². The van der Waals surface area contributed by atoms with Crippen LogP contribution in [0.25, 0.3) is 0 Å². The zero-order valence-electron chi connectivity index (χ0n) is 19.1. The molecule has 3 aliphatic carbocycles. The number of hydrogen-bond acceptors (Lipinski definition) is 6. The Labute approximate surface area is 180 Å². The van der Waals surface area contributed by atoms with E-state index in [0.717, 1.165) is 38.5 Å². The fourth-order valence-corrected chi connectivity index (χ4v) is 6.51. The second-order valence-electron chi connectivity index (χ2n) is 10.6. The van der Waals surface area contributed by atoms with Crippen LogP contribution in [0.4, 0.5) is 0 Å². The molecule has 0 aromatic carbocycles. The number of hydrogen-bond donors (Lipinski definition) is 2. The number of esters is 2. The van der Waals surface area contributed by atoms with E-state index in [9.17, 15) is 19.8 Å².